The van der Waals surface area contributed by atoms with Crippen LogP contribution in [0.1, 0.15) is 39.2 Å². The Morgan fingerprint density at radius 2 is 1.75 bits per heavy atom. The minimum atomic E-state index is -1.67. The molecular formula is C28H28BrN3O4. The number of hydrogen-bond donors (Lipinski definition) is 1. The molecule has 2 aromatic rings. The second kappa shape index (κ2) is 8.34. The Morgan fingerprint density at radius 1 is 1.08 bits per heavy atom. The molecule has 36 heavy (non-hydrogen) atoms. The summed E-state index contributed by atoms with van der Waals surface area (Å²) in [5.41, 5.74) is 7.67. The lowest BCUT2D eigenvalue weighted by Gasteiger charge is -2.47. The number of benzene rings is 2. The van der Waals surface area contributed by atoms with Crippen molar-refractivity contribution < 1.29 is 19.1 Å². The lowest BCUT2D eigenvalue weighted by Crippen LogP contribution is -2.55. The molecule has 0 fully saturated rings. The van der Waals surface area contributed by atoms with Gasteiger partial charge in [-0.15, -0.1) is 0 Å². The topological polar surface area (TPSA) is 92.9 Å². The van der Waals surface area contributed by atoms with Crippen molar-refractivity contribution in [3.05, 3.63) is 81.2 Å². The molecule has 0 bridgehead atoms. The average molecular weight is 550 g/mol. The Hall–Kier alpha value is -3.39. The Labute approximate surface area is 218 Å². The van der Waals surface area contributed by atoms with Crippen molar-refractivity contribution in [1.29, 1.82) is 0 Å². The summed E-state index contributed by atoms with van der Waals surface area (Å²) in [6.45, 7) is 5.85. The molecule has 7 nitrogen and oxygen atoms in total. The van der Waals surface area contributed by atoms with E-state index in [0.717, 1.165) is 4.47 Å². The molecule has 3 aliphatic rings. The molecule has 5 rings (SSSR count). The molecule has 0 saturated heterocycles. The van der Waals surface area contributed by atoms with Gasteiger partial charge in [-0.3, -0.25) is 14.5 Å². The predicted molar refractivity (Wildman–Crippen MR) is 141 cm³/mol. The third-order valence-electron chi connectivity index (χ3n) is 7.23. The Morgan fingerprint density at radius 3 is 2.42 bits per heavy atom. The van der Waals surface area contributed by atoms with Crippen molar-refractivity contribution in [3.8, 4) is 0 Å². The van der Waals surface area contributed by atoms with Crippen molar-refractivity contribution in [2.75, 3.05) is 23.5 Å². The summed E-state index contributed by atoms with van der Waals surface area (Å²) in [6.07, 6.45) is 0.749. The van der Waals surface area contributed by atoms with Crippen LogP contribution in [0.4, 0.5) is 11.4 Å². The van der Waals surface area contributed by atoms with Gasteiger partial charge in [0.15, 0.2) is 5.78 Å². The van der Waals surface area contributed by atoms with Gasteiger partial charge >= 0.3 is 5.97 Å². The number of nitrogens with zero attached hydrogens (tertiary/aromatic N) is 2. The maximum Gasteiger partial charge on any atom is 0.339 e. The van der Waals surface area contributed by atoms with Crippen LogP contribution in [0.15, 0.2) is 75.7 Å². The molecule has 1 amide bonds. The molecule has 0 aromatic heterocycles. The highest BCUT2D eigenvalue weighted by atomic mass is 79.9. The molecule has 2 N–H and O–H groups in total. The number of likely N-dealkylation sites (N-methyl/N-ethyl adjacent to an activating group) is 1. The molecule has 1 atom stereocenters. The number of para-hydroxylation sites is 1. The van der Waals surface area contributed by atoms with Gasteiger partial charge in [-0.1, -0.05) is 48.0 Å². The number of nitrogens with two attached hydrogens (primary N) is 1. The number of allylic oxidation sites excluding steroid dienone is 1. The zero-order valence-corrected chi connectivity index (χ0v) is 22.3. The number of carbonyl (C=O) groups is 3. The van der Waals surface area contributed by atoms with Gasteiger partial charge in [0.25, 0.3) is 0 Å². The highest BCUT2D eigenvalue weighted by Gasteiger charge is 2.64. The summed E-state index contributed by atoms with van der Waals surface area (Å²) < 4.78 is 6.36. The molecule has 0 saturated carbocycles. The highest BCUT2D eigenvalue weighted by Crippen LogP contribution is 2.58. The summed E-state index contributed by atoms with van der Waals surface area (Å²) in [5, 5.41) is 0. The summed E-state index contributed by atoms with van der Waals surface area (Å²) in [4.78, 5) is 45.3. The number of carbonyl (C=O) groups excluding carboxylic acids is 3. The molecule has 2 aliphatic heterocycles. The Bertz CT molecular complexity index is 1380. The number of amides is 1. The number of fused-ring (bicyclic) bond motifs is 3. The van der Waals surface area contributed by atoms with E-state index in [1.807, 2.05) is 56.3 Å². The normalized spacial score (nSPS) is 22.8. The number of esters is 1. The maximum atomic E-state index is 14.3. The van der Waals surface area contributed by atoms with Crippen LogP contribution in [0, 0.1) is 5.41 Å². The molecule has 1 aliphatic carbocycles. The lowest BCUT2D eigenvalue weighted by atomic mass is 9.60. The number of Topliss-reactive ketones (excluding diaryl/α,β-unsaturated/α-hetero) is 1. The van der Waals surface area contributed by atoms with Crippen LogP contribution < -0.4 is 15.5 Å². The number of ether oxygens (including phenoxy) is 1. The van der Waals surface area contributed by atoms with E-state index < -0.39 is 11.4 Å². The van der Waals surface area contributed by atoms with Gasteiger partial charge in [-0.2, -0.15) is 0 Å². The van der Waals surface area contributed by atoms with E-state index >= 15 is 0 Å². The van der Waals surface area contributed by atoms with E-state index in [1.165, 1.54) is 4.90 Å². The quantitative estimate of drug-likeness (QED) is 0.564. The number of halogens is 1. The summed E-state index contributed by atoms with van der Waals surface area (Å²) in [6, 6.07) is 14.7. The maximum absolute atomic E-state index is 14.3. The number of hydrogen-bond acceptors (Lipinski definition) is 6. The monoisotopic (exact) mass is 549 g/mol. The first kappa shape index (κ1) is 24.3. The smallest absolute Gasteiger partial charge is 0.339 e. The average Bonchev–Trinajstić information content (AvgIpc) is 3.02. The first-order valence-corrected chi connectivity index (χ1v) is 12.7. The molecule has 186 valence electrons. The third kappa shape index (κ3) is 3.27. The lowest BCUT2D eigenvalue weighted by molar-refractivity contribution is -0.140. The van der Waals surface area contributed by atoms with Gasteiger partial charge in [0.2, 0.25) is 5.91 Å². The molecule has 2 aromatic carbocycles. The minimum absolute atomic E-state index is 0.0131. The van der Waals surface area contributed by atoms with Crippen molar-refractivity contribution >= 4 is 45.0 Å². The fraction of sp³-hybridized carbons (Fsp3) is 0.321. The van der Waals surface area contributed by atoms with Crippen LogP contribution in [-0.4, -0.2) is 31.3 Å². The SMILES string of the molecule is CCOC(=O)C1=C(N)N(c2ccc(Br)cc2)C2=C(C(=O)CC(C)(C)C2)C12C(=O)N(C)c1ccccc12. The van der Waals surface area contributed by atoms with Crippen molar-refractivity contribution in [2.24, 2.45) is 11.1 Å². The molecular weight excluding hydrogens is 522 g/mol. The van der Waals surface area contributed by atoms with Gasteiger partial charge in [-0.25, -0.2) is 4.79 Å². The molecule has 8 heteroatoms. The number of ketones is 1. The van der Waals surface area contributed by atoms with E-state index in [4.69, 9.17) is 10.5 Å². The van der Waals surface area contributed by atoms with Crippen LogP contribution in [0.25, 0.3) is 0 Å². The van der Waals surface area contributed by atoms with E-state index in [1.54, 1.807) is 24.9 Å². The van der Waals surface area contributed by atoms with Crippen LogP contribution in [0.5, 0.6) is 0 Å². The molecule has 0 radical (unpaired) electrons. The first-order valence-electron chi connectivity index (χ1n) is 11.9. The largest absolute Gasteiger partial charge is 0.462 e. The first-order chi connectivity index (χ1) is 17.0. The summed E-state index contributed by atoms with van der Waals surface area (Å²) in [5.74, 6) is -1.17. The van der Waals surface area contributed by atoms with Crippen LogP contribution in [-0.2, 0) is 24.5 Å². The van der Waals surface area contributed by atoms with Gasteiger partial charge in [0.05, 0.1) is 6.61 Å². The summed E-state index contributed by atoms with van der Waals surface area (Å²) >= 11 is 3.47. The van der Waals surface area contributed by atoms with Crippen LogP contribution in [0.2, 0.25) is 0 Å². The van der Waals surface area contributed by atoms with Gasteiger partial charge < -0.3 is 15.4 Å². The zero-order valence-electron chi connectivity index (χ0n) is 20.7. The number of rotatable bonds is 3. The van der Waals surface area contributed by atoms with E-state index in [0.29, 0.717) is 34.6 Å². The van der Waals surface area contributed by atoms with Gasteiger partial charge in [0, 0.05) is 46.1 Å². The third-order valence-corrected chi connectivity index (χ3v) is 7.76. The number of anilines is 2. The van der Waals surface area contributed by atoms with E-state index in [-0.39, 0.29) is 41.5 Å². The van der Waals surface area contributed by atoms with E-state index in [9.17, 15) is 14.4 Å². The van der Waals surface area contributed by atoms with Crippen LogP contribution >= 0.6 is 15.9 Å². The van der Waals surface area contributed by atoms with Crippen LogP contribution in [0.3, 0.4) is 0 Å². The zero-order chi connectivity index (χ0) is 26.0. The Balaban J connectivity index is 1.93. The van der Waals surface area contributed by atoms with Crippen molar-refractivity contribution in [2.45, 2.75) is 39.0 Å². The van der Waals surface area contributed by atoms with Crippen molar-refractivity contribution in [1.82, 2.24) is 0 Å². The fourth-order valence-electron chi connectivity index (χ4n) is 5.87. The Kier molecular flexibility index (Phi) is 5.63. The van der Waals surface area contributed by atoms with Crippen molar-refractivity contribution in [3.63, 3.8) is 0 Å². The molecule has 1 unspecified atom stereocenters. The van der Waals surface area contributed by atoms with Gasteiger partial charge in [0.1, 0.15) is 16.8 Å². The summed E-state index contributed by atoms with van der Waals surface area (Å²) in [7, 11) is 1.66. The minimum Gasteiger partial charge on any atom is -0.462 e. The molecule has 1 spiro atoms. The predicted octanol–water partition coefficient (Wildman–Crippen LogP) is 4.56. The highest BCUT2D eigenvalue weighted by molar-refractivity contribution is 9.10. The van der Waals surface area contributed by atoms with E-state index in [2.05, 4.69) is 15.9 Å². The molecule has 2 heterocycles. The second-order valence-corrected chi connectivity index (χ2v) is 11.1. The fourth-order valence-corrected chi connectivity index (χ4v) is 6.13. The standard InChI is InChI=1S/C28H28BrN3O4/c1-5-36-25(34)23-24(30)32(17-12-10-16(29)11-13-17)20-14-27(2,3)15-21(33)22(20)28(23)18-8-6-7-9-19(18)31(4)26(28)35/h6-13H,5,14-15,30H2,1-4H3. The second-order valence-electron chi connectivity index (χ2n) is 10.2. The van der Waals surface area contributed by atoms with Gasteiger partial charge in [-0.05, 0) is 49.1 Å².